The van der Waals surface area contributed by atoms with Gasteiger partial charge < -0.3 is 4.42 Å². The molecule has 0 N–H and O–H groups in total. The van der Waals surface area contributed by atoms with Gasteiger partial charge in [-0.1, -0.05) is 42.0 Å². The van der Waals surface area contributed by atoms with Crippen LogP contribution in [-0.4, -0.2) is 46.2 Å². The van der Waals surface area contributed by atoms with E-state index in [1.54, 1.807) is 24.3 Å². The van der Waals surface area contributed by atoms with Crippen molar-refractivity contribution in [2.24, 2.45) is 0 Å². The molecule has 0 saturated carbocycles. The second-order valence-electron chi connectivity index (χ2n) is 8.68. The third-order valence-electron chi connectivity index (χ3n) is 6.27. The molecule has 0 aliphatic carbocycles. The first-order chi connectivity index (χ1) is 16.5. The highest BCUT2D eigenvalue weighted by Gasteiger charge is 2.27. The standard InChI is InChI=1S/C27H26F2N4O/c1-19-2-4-22(5-3-19)27-31-30-25(34-27)18-32-14-16-33(17-15-32)26(20-6-10-23(28)11-7-20)21-8-12-24(29)13-9-21/h2-13,26H,14-18H2,1H3. The lowest BCUT2D eigenvalue weighted by molar-refractivity contribution is 0.0985. The number of aryl methyl sites for hydroxylation is 1. The summed E-state index contributed by atoms with van der Waals surface area (Å²) in [5, 5.41) is 8.44. The smallest absolute Gasteiger partial charge is 0.247 e. The Balaban J connectivity index is 1.27. The van der Waals surface area contributed by atoms with E-state index in [-0.39, 0.29) is 17.7 Å². The second kappa shape index (κ2) is 9.83. The molecule has 4 aromatic rings. The van der Waals surface area contributed by atoms with Crippen LogP contribution in [0.25, 0.3) is 11.5 Å². The summed E-state index contributed by atoms with van der Waals surface area (Å²) in [5.74, 6) is 0.589. The summed E-state index contributed by atoms with van der Waals surface area (Å²) in [4.78, 5) is 4.64. The van der Waals surface area contributed by atoms with Crippen molar-refractivity contribution in [3.63, 3.8) is 0 Å². The Kier molecular flexibility index (Phi) is 6.47. The van der Waals surface area contributed by atoms with Gasteiger partial charge in [-0.25, -0.2) is 8.78 Å². The van der Waals surface area contributed by atoms with Crippen LogP contribution in [0, 0.1) is 18.6 Å². The van der Waals surface area contributed by atoms with Gasteiger partial charge in [0.2, 0.25) is 11.8 Å². The number of hydrogen-bond donors (Lipinski definition) is 0. The maximum Gasteiger partial charge on any atom is 0.247 e. The van der Waals surface area contributed by atoms with Crippen LogP contribution in [0.15, 0.2) is 77.2 Å². The largest absolute Gasteiger partial charge is 0.419 e. The molecule has 3 aromatic carbocycles. The van der Waals surface area contributed by atoms with Crippen molar-refractivity contribution in [1.29, 1.82) is 0 Å². The maximum atomic E-state index is 13.5. The zero-order valence-corrected chi connectivity index (χ0v) is 19.0. The molecule has 174 valence electrons. The minimum atomic E-state index is -0.268. The van der Waals surface area contributed by atoms with Gasteiger partial charge in [0.05, 0.1) is 12.6 Å². The van der Waals surface area contributed by atoms with Crippen LogP contribution in [0.2, 0.25) is 0 Å². The lowest BCUT2D eigenvalue weighted by atomic mass is 9.96. The molecule has 0 spiro atoms. The predicted octanol–water partition coefficient (Wildman–Crippen LogP) is 5.23. The summed E-state index contributed by atoms with van der Waals surface area (Å²) in [7, 11) is 0. The maximum absolute atomic E-state index is 13.5. The van der Waals surface area contributed by atoms with Gasteiger partial charge in [-0.3, -0.25) is 9.80 Å². The highest BCUT2D eigenvalue weighted by molar-refractivity contribution is 5.52. The van der Waals surface area contributed by atoms with Crippen molar-refractivity contribution >= 4 is 0 Å². The van der Waals surface area contributed by atoms with Gasteiger partial charge in [-0.15, -0.1) is 10.2 Å². The van der Waals surface area contributed by atoms with Crippen LogP contribution in [-0.2, 0) is 6.54 Å². The van der Waals surface area contributed by atoms with Gasteiger partial charge in [-0.05, 0) is 54.4 Å². The van der Waals surface area contributed by atoms with Crippen molar-refractivity contribution < 1.29 is 13.2 Å². The van der Waals surface area contributed by atoms with Crippen LogP contribution < -0.4 is 0 Å². The fourth-order valence-corrected chi connectivity index (χ4v) is 4.41. The summed E-state index contributed by atoms with van der Waals surface area (Å²) < 4.78 is 33.0. The van der Waals surface area contributed by atoms with E-state index in [4.69, 9.17) is 4.42 Å². The number of hydrogen-bond acceptors (Lipinski definition) is 5. The molecule has 1 fully saturated rings. The zero-order chi connectivity index (χ0) is 23.5. The fraction of sp³-hybridized carbons (Fsp3) is 0.259. The van der Waals surface area contributed by atoms with Crippen LogP contribution in [0.5, 0.6) is 0 Å². The first-order valence-corrected chi connectivity index (χ1v) is 11.4. The quantitative estimate of drug-likeness (QED) is 0.394. The minimum absolute atomic E-state index is 0.0695. The van der Waals surface area contributed by atoms with Crippen LogP contribution in [0.4, 0.5) is 8.78 Å². The van der Waals surface area contributed by atoms with E-state index in [0.29, 0.717) is 18.3 Å². The predicted molar refractivity (Wildman–Crippen MR) is 126 cm³/mol. The first kappa shape index (κ1) is 22.4. The molecule has 1 saturated heterocycles. The molecule has 0 bridgehead atoms. The number of piperazine rings is 1. The Labute approximate surface area is 197 Å². The molecule has 1 aromatic heterocycles. The summed E-state index contributed by atoms with van der Waals surface area (Å²) in [6.07, 6.45) is 0. The number of aromatic nitrogens is 2. The van der Waals surface area contributed by atoms with E-state index in [1.165, 1.54) is 29.8 Å². The van der Waals surface area contributed by atoms with Crippen molar-refractivity contribution in [2.45, 2.75) is 19.5 Å². The van der Waals surface area contributed by atoms with Gasteiger partial charge in [0.25, 0.3) is 0 Å². The Morgan fingerprint density at radius 3 is 1.88 bits per heavy atom. The molecule has 34 heavy (non-hydrogen) atoms. The highest BCUT2D eigenvalue weighted by atomic mass is 19.1. The van der Waals surface area contributed by atoms with Crippen LogP contribution >= 0.6 is 0 Å². The van der Waals surface area contributed by atoms with Gasteiger partial charge in [0.15, 0.2) is 0 Å². The molecular weight excluding hydrogens is 434 g/mol. The summed E-state index contributed by atoms with van der Waals surface area (Å²) >= 11 is 0. The topological polar surface area (TPSA) is 45.4 Å². The summed E-state index contributed by atoms with van der Waals surface area (Å²) in [6.45, 7) is 5.88. The van der Waals surface area contributed by atoms with Crippen molar-refractivity contribution in [1.82, 2.24) is 20.0 Å². The molecule has 2 heterocycles. The van der Waals surface area contributed by atoms with Crippen molar-refractivity contribution in [2.75, 3.05) is 26.2 Å². The van der Waals surface area contributed by atoms with E-state index < -0.39 is 0 Å². The number of nitrogens with zero attached hydrogens (tertiary/aromatic N) is 4. The molecular formula is C27H26F2N4O. The molecule has 0 radical (unpaired) electrons. The third-order valence-corrected chi connectivity index (χ3v) is 6.27. The minimum Gasteiger partial charge on any atom is -0.419 e. The van der Waals surface area contributed by atoms with E-state index >= 15 is 0 Å². The normalized spacial score (nSPS) is 15.2. The van der Waals surface area contributed by atoms with Gasteiger partial charge in [0.1, 0.15) is 11.6 Å². The van der Waals surface area contributed by atoms with Gasteiger partial charge >= 0.3 is 0 Å². The van der Waals surface area contributed by atoms with Crippen LogP contribution in [0.1, 0.15) is 28.6 Å². The average molecular weight is 461 g/mol. The Morgan fingerprint density at radius 1 is 0.765 bits per heavy atom. The van der Waals surface area contributed by atoms with Gasteiger partial charge in [0, 0.05) is 31.7 Å². The van der Waals surface area contributed by atoms with Crippen molar-refractivity contribution in [3.8, 4) is 11.5 Å². The Bertz CT molecular complexity index is 1170. The van der Waals surface area contributed by atoms with E-state index in [0.717, 1.165) is 42.9 Å². The van der Waals surface area contributed by atoms with Gasteiger partial charge in [-0.2, -0.15) is 0 Å². The average Bonchev–Trinajstić information content (AvgIpc) is 3.31. The molecule has 0 amide bonds. The van der Waals surface area contributed by atoms with E-state index in [1.807, 2.05) is 31.2 Å². The monoisotopic (exact) mass is 460 g/mol. The molecule has 5 rings (SSSR count). The highest BCUT2D eigenvalue weighted by Crippen LogP contribution is 2.30. The summed E-state index contributed by atoms with van der Waals surface area (Å²) in [5.41, 5.74) is 4.07. The number of rotatable bonds is 6. The molecule has 0 atom stereocenters. The Hall–Kier alpha value is -3.42. The third kappa shape index (κ3) is 5.05. The molecule has 1 aliphatic heterocycles. The lowest BCUT2D eigenvalue weighted by Crippen LogP contribution is -2.47. The molecule has 7 heteroatoms. The fourth-order valence-electron chi connectivity index (χ4n) is 4.41. The molecule has 5 nitrogen and oxygen atoms in total. The van der Waals surface area contributed by atoms with E-state index in [9.17, 15) is 8.78 Å². The zero-order valence-electron chi connectivity index (χ0n) is 19.0. The summed E-state index contributed by atoms with van der Waals surface area (Å²) in [6, 6.07) is 21.1. The van der Waals surface area contributed by atoms with E-state index in [2.05, 4.69) is 20.0 Å². The van der Waals surface area contributed by atoms with Crippen molar-refractivity contribution in [3.05, 3.63) is 107 Å². The SMILES string of the molecule is Cc1ccc(-c2nnc(CN3CCN(C(c4ccc(F)cc4)c4ccc(F)cc4)CC3)o2)cc1. The lowest BCUT2D eigenvalue weighted by Gasteiger charge is -2.39. The number of benzene rings is 3. The molecule has 1 aliphatic rings. The first-order valence-electron chi connectivity index (χ1n) is 11.4. The second-order valence-corrected chi connectivity index (χ2v) is 8.68. The van der Waals surface area contributed by atoms with Crippen LogP contribution in [0.3, 0.4) is 0 Å². The molecule has 0 unspecified atom stereocenters. The number of halogens is 2. The Morgan fingerprint density at radius 2 is 1.32 bits per heavy atom.